The first-order valence-electron chi connectivity index (χ1n) is 5.77. The number of nitrogens with zero attached hydrogens (tertiary/aromatic N) is 2. The fourth-order valence-electron chi connectivity index (χ4n) is 1.88. The molecule has 0 amide bonds. The molecule has 0 bridgehead atoms. The Morgan fingerprint density at radius 2 is 2.14 bits per heavy atom. The normalized spacial score (nSPS) is 15.4. The minimum atomic E-state index is 0.641. The molecule has 0 saturated carbocycles. The molecule has 1 aromatic rings. The van der Waals surface area contributed by atoms with Crippen LogP contribution in [0.15, 0.2) is 18.7 Å². The lowest BCUT2D eigenvalue weighted by Crippen LogP contribution is -2.15. The molecule has 0 saturated heterocycles. The van der Waals surface area contributed by atoms with Crippen molar-refractivity contribution in [2.24, 2.45) is 5.92 Å². The lowest BCUT2D eigenvalue weighted by atomic mass is 9.94. The quantitative estimate of drug-likeness (QED) is 0.675. The van der Waals surface area contributed by atoms with Gasteiger partial charge in [-0.3, -0.25) is 0 Å². The van der Waals surface area contributed by atoms with E-state index in [0.717, 1.165) is 5.92 Å². The predicted octanol–water partition coefficient (Wildman–Crippen LogP) is 3.66. The summed E-state index contributed by atoms with van der Waals surface area (Å²) < 4.78 is 2.27. The van der Waals surface area contributed by atoms with E-state index in [9.17, 15) is 0 Å². The fraction of sp³-hybridized carbons (Fsp3) is 0.750. The molecule has 0 spiro atoms. The minimum Gasteiger partial charge on any atom is -0.334 e. The zero-order valence-corrected chi connectivity index (χ0v) is 9.61. The Morgan fingerprint density at radius 3 is 2.64 bits per heavy atom. The zero-order chi connectivity index (χ0) is 10.4. The molecule has 0 aromatic carbocycles. The summed E-state index contributed by atoms with van der Waals surface area (Å²) in [5.74, 6) is 0.746. The number of hydrogen-bond acceptors (Lipinski definition) is 1. The Hall–Kier alpha value is -0.790. The Morgan fingerprint density at radius 1 is 1.36 bits per heavy atom. The lowest BCUT2D eigenvalue weighted by Gasteiger charge is -2.24. The van der Waals surface area contributed by atoms with E-state index < -0.39 is 0 Å². The highest BCUT2D eigenvalue weighted by Crippen LogP contribution is 2.26. The summed E-state index contributed by atoms with van der Waals surface area (Å²) in [4.78, 5) is 4.13. The highest BCUT2D eigenvalue weighted by Gasteiger charge is 2.16. The summed E-state index contributed by atoms with van der Waals surface area (Å²) in [6, 6.07) is 0.641. The summed E-state index contributed by atoms with van der Waals surface area (Å²) in [5.41, 5.74) is 0. The van der Waals surface area contributed by atoms with Crippen LogP contribution in [0.4, 0.5) is 0 Å². The van der Waals surface area contributed by atoms with Crippen molar-refractivity contribution < 1.29 is 0 Å². The van der Waals surface area contributed by atoms with Crippen LogP contribution in [-0.4, -0.2) is 9.55 Å². The van der Waals surface area contributed by atoms with Crippen molar-refractivity contribution in [3.63, 3.8) is 0 Å². The molecular weight excluding hydrogens is 172 g/mol. The number of hydrogen-bond donors (Lipinski definition) is 0. The highest BCUT2D eigenvalue weighted by molar-refractivity contribution is 4.82. The van der Waals surface area contributed by atoms with Crippen LogP contribution in [0.25, 0.3) is 0 Å². The summed E-state index contributed by atoms with van der Waals surface area (Å²) >= 11 is 0. The maximum absolute atomic E-state index is 4.13. The summed E-state index contributed by atoms with van der Waals surface area (Å²) in [7, 11) is 0. The van der Waals surface area contributed by atoms with E-state index in [2.05, 4.69) is 36.5 Å². The molecule has 0 aliphatic carbocycles. The number of aromatic nitrogens is 2. The van der Waals surface area contributed by atoms with Crippen molar-refractivity contribution in [2.45, 2.75) is 52.5 Å². The van der Waals surface area contributed by atoms with Crippen LogP contribution < -0.4 is 0 Å². The van der Waals surface area contributed by atoms with Gasteiger partial charge in [0.15, 0.2) is 0 Å². The van der Waals surface area contributed by atoms with Crippen LogP contribution in [0.2, 0.25) is 0 Å². The van der Waals surface area contributed by atoms with E-state index in [1.807, 2.05) is 12.5 Å². The van der Waals surface area contributed by atoms with Crippen LogP contribution in [-0.2, 0) is 0 Å². The SMILES string of the molecule is CCCCC(C(C)CC)n1ccnc1. The first-order chi connectivity index (χ1) is 6.79. The van der Waals surface area contributed by atoms with Gasteiger partial charge in [0.1, 0.15) is 0 Å². The van der Waals surface area contributed by atoms with Crippen LogP contribution in [0.1, 0.15) is 52.5 Å². The molecule has 2 heteroatoms. The molecule has 0 N–H and O–H groups in total. The standard InChI is InChI=1S/C12H22N2/c1-4-6-7-12(11(3)5-2)14-9-8-13-10-14/h8-12H,4-7H2,1-3H3. The first-order valence-corrected chi connectivity index (χ1v) is 5.77. The molecule has 2 atom stereocenters. The van der Waals surface area contributed by atoms with Gasteiger partial charge >= 0.3 is 0 Å². The van der Waals surface area contributed by atoms with Gasteiger partial charge < -0.3 is 4.57 Å². The molecule has 80 valence electrons. The molecule has 0 aliphatic heterocycles. The second-order valence-electron chi connectivity index (χ2n) is 4.11. The van der Waals surface area contributed by atoms with Gasteiger partial charge in [0.25, 0.3) is 0 Å². The van der Waals surface area contributed by atoms with E-state index in [-0.39, 0.29) is 0 Å². The number of rotatable bonds is 6. The van der Waals surface area contributed by atoms with E-state index in [1.165, 1.54) is 25.7 Å². The van der Waals surface area contributed by atoms with Crippen LogP contribution in [0.3, 0.4) is 0 Å². The highest BCUT2D eigenvalue weighted by atomic mass is 15.1. The monoisotopic (exact) mass is 194 g/mol. The van der Waals surface area contributed by atoms with Crippen molar-refractivity contribution in [2.75, 3.05) is 0 Å². The molecule has 1 rings (SSSR count). The summed E-state index contributed by atoms with van der Waals surface area (Å²) in [6.07, 6.45) is 11.0. The minimum absolute atomic E-state index is 0.641. The molecule has 1 heterocycles. The molecule has 0 fully saturated rings. The first kappa shape index (κ1) is 11.3. The molecule has 0 radical (unpaired) electrons. The number of unbranched alkanes of at least 4 members (excludes halogenated alkanes) is 1. The van der Waals surface area contributed by atoms with E-state index in [0.29, 0.717) is 6.04 Å². The third kappa shape index (κ3) is 2.86. The largest absolute Gasteiger partial charge is 0.334 e. The van der Waals surface area contributed by atoms with Crippen molar-refractivity contribution in [3.8, 4) is 0 Å². The van der Waals surface area contributed by atoms with Crippen LogP contribution in [0.5, 0.6) is 0 Å². The van der Waals surface area contributed by atoms with Crippen molar-refractivity contribution in [3.05, 3.63) is 18.7 Å². The van der Waals surface area contributed by atoms with Gasteiger partial charge in [-0.25, -0.2) is 4.98 Å². The van der Waals surface area contributed by atoms with Crippen LogP contribution >= 0.6 is 0 Å². The maximum atomic E-state index is 4.13. The van der Waals surface area contributed by atoms with Gasteiger partial charge in [0, 0.05) is 18.4 Å². The molecule has 14 heavy (non-hydrogen) atoms. The molecule has 1 aromatic heterocycles. The van der Waals surface area contributed by atoms with Crippen LogP contribution in [0, 0.1) is 5.92 Å². The molecule has 0 aliphatic rings. The Balaban J connectivity index is 2.62. The molecular formula is C12H22N2. The van der Waals surface area contributed by atoms with E-state index >= 15 is 0 Å². The van der Waals surface area contributed by atoms with Gasteiger partial charge in [-0.1, -0.05) is 40.0 Å². The summed E-state index contributed by atoms with van der Waals surface area (Å²) in [6.45, 7) is 6.85. The van der Waals surface area contributed by atoms with Gasteiger partial charge in [-0.15, -0.1) is 0 Å². The fourth-order valence-corrected chi connectivity index (χ4v) is 1.88. The lowest BCUT2D eigenvalue weighted by molar-refractivity contribution is 0.316. The second-order valence-corrected chi connectivity index (χ2v) is 4.11. The Labute approximate surface area is 87.4 Å². The van der Waals surface area contributed by atoms with Gasteiger partial charge in [0.2, 0.25) is 0 Å². The van der Waals surface area contributed by atoms with Gasteiger partial charge in [0.05, 0.1) is 6.33 Å². The third-order valence-electron chi connectivity index (χ3n) is 3.06. The molecule has 2 nitrogen and oxygen atoms in total. The third-order valence-corrected chi connectivity index (χ3v) is 3.06. The molecule has 2 unspecified atom stereocenters. The van der Waals surface area contributed by atoms with E-state index in [4.69, 9.17) is 0 Å². The number of imidazole rings is 1. The van der Waals surface area contributed by atoms with Crippen molar-refractivity contribution in [1.29, 1.82) is 0 Å². The Kier molecular flexibility index (Phi) is 4.71. The smallest absolute Gasteiger partial charge is 0.0948 e. The Bertz CT molecular complexity index is 228. The van der Waals surface area contributed by atoms with Crippen molar-refractivity contribution in [1.82, 2.24) is 9.55 Å². The van der Waals surface area contributed by atoms with Gasteiger partial charge in [-0.05, 0) is 12.3 Å². The predicted molar refractivity (Wildman–Crippen MR) is 60.2 cm³/mol. The second kappa shape index (κ2) is 5.84. The zero-order valence-electron chi connectivity index (χ0n) is 9.61. The average Bonchev–Trinajstić information content (AvgIpc) is 2.71. The average molecular weight is 194 g/mol. The summed E-state index contributed by atoms with van der Waals surface area (Å²) in [5, 5.41) is 0. The van der Waals surface area contributed by atoms with Gasteiger partial charge in [-0.2, -0.15) is 0 Å². The van der Waals surface area contributed by atoms with E-state index in [1.54, 1.807) is 0 Å². The maximum Gasteiger partial charge on any atom is 0.0948 e. The van der Waals surface area contributed by atoms with Crippen molar-refractivity contribution >= 4 is 0 Å². The topological polar surface area (TPSA) is 17.8 Å².